The second kappa shape index (κ2) is 9.41. The number of aromatic nitrogens is 2. The highest BCUT2D eigenvalue weighted by molar-refractivity contribution is 5.62. The molecule has 1 fully saturated rings. The number of benzene rings is 1. The Morgan fingerprint density at radius 3 is 2.70 bits per heavy atom. The predicted molar refractivity (Wildman–Crippen MR) is 108 cm³/mol. The molecule has 0 radical (unpaired) electrons. The standard InChI is InChI=1S/C20H29N5O2/c1-3-26-17-8-7-16(24(2)20-22-10-9-19(21)23-20)15-18(17)27-14-6-13-25-11-4-5-12-25/h7-10,15H,3-6,11-14H2,1-2H3,(H2,21,22,23). The summed E-state index contributed by atoms with van der Waals surface area (Å²) >= 11 is 0. The molecule has 0 amide bonds. The zero-order valence-corrected chi connectivity index (χ0v) is 16.2. The van der Waals surface area contributed by atoms with Crippen LogP contribution in [0.3, 0.4) is 0 Å². The molecule has 7 heteroatoms. The van der Waals surface area contributed by atoms with Crippen molar-refractivity contribution in [3.63, 3.8) is 0 Å². The Kier molecular flexibility index (Phi) is 6.70. The highest BCUT2D eigenvalue weighted by Crippen LogP contribution is 2.33. The van der Waals surface area contributed by atoms with Crippen molar-refractivity contribution in [2.24, 2.45) is 0 Å². The molecule has 0 spiro atoms. The normalized spacial score (nSPS) is 14.3. The van der Waals surface area contributed by atoms with E-state index in [1.165, 1.54) is 25.9 Å². The minimum absolute atomic E-state index is 0.441. The molecule has 146 valence electrons. The molecule has 1 aliphatic heterocycles. The lowest BCUT2D eigenvalue weighted by atomic mass is 10.2. The quantitative estimate of drug-likeness (QED) is 0.679. The minimum atomic E-state index is 0.441. The summed E-state index contributed by atoms with van der Waals surface area (Å²) in [6, 6.07) is 7.53. The van der Waals surface area contributed by atoms with Crippen LogP contribution in [0.15, 0.2) is 30.5 Å². The Balaban J connectivity index is 1.67. The Morgan fingerprint density at radius 1 is 1.15 bits per heavy atom. The first-order valence-corrected chi connectivity index (χ1v) is 9.61. The molecule has 1 aliphatic rings. The van der Waals surface area contributed by atoms with E-state index in [9.17, 15) is 0 Å². The average molecular weight is 371 g/mol. The summed E-state index contributed by atoms with van der Waals surface area (Å²) in [7, 11) is 1.90. The van der Waals surface area contributed by atoms with Gasteiger partial charge in [0.05, 0.1) is 13.2 Å². The molecule has 1 aromatic heterocycles. The summed E-state index contributed by atoms with van der Waals surface area (Å²) in [6.07, 6.45) is 5.29. The van der Waals surface area contributed by atoms with E-state index in [0.717, 1.165) is 30.2 Å². The van der Waals surface area contributed by atoms with Gasteiger partial charge in [-0.25, -0.2) is 4.98 Å². The monoisotopic (exact) mass is 371 g/mol. The third-order valence-electron chi connectivity index (χ3n) is 4.65. The van der Waals surface area contributed by atoms with Gasteiger partial charge in [-0.1, -0.05) is 0 Å². The van der Waals surface area contributed by atoms with Crippen LogP contribution in [0.25, 0.3) is 0 Å². The zero-order valence-electron chi connectivity index (χ0n) is 16.2. The van der Waals surface area contributed by atoms with E-state index in [4.69, 9.17) is 15.2 Å². The number of likely N-dealkylation sites (tertiary alicyclic amines) is 1. The van der Waals surface area contributed by atoms with Gasteiger partial charge in [0.15, 0.2) is 11.5 Å². The zero-order chi connectivity index (χ0) is 19.1. The lowest BCUT2D eigenvalue weighted by Crippen LogP contribution is -2.22. The highest BCUT2D eigenvalue weighted by atomic mass is 16.5. The fourth-order valence-corrected chi connectivity index (χ4v) is 3.21. The molecule has 2 heterocycles. The van der Waals surface area contributed by atoms with Crippen LogP contribution in [0.5, 0.6) is 11.5 Å². The van der Waals surface area contributed by atoms with E-state index in [1.807, 2.05) is 37.1 Å². The Morgan fingerprint density at radius 2 is 1.96 bits per heavy atom. The van der Waals surface area contributed by atoms with Crippen LogP contribution in [0.1, 0.15) is 26.2 Å². The van der Waals surface area contributed by atoms with Crippen LogP contribution in [0, 0.1) is 0 Å². The van der Waals surface area contributed by atoms with E-state index >= 15 is 0 Å². The van der Waals surface area contributed by atoms with Crippen LogP contribution < -0.4 is 20.1 Å². The van der Waals surface area contributed by atoms with E-state index < -0.39 is 0 Å². The molecule has 0 atom stereocenters. The van der Waals surface area contributed by atoms with E-state index in [-0.39, 0.29) is 0 Å². The van der Waals surface area contributed by atoms with Crippen molar-refractivity contribution in [1.82, 2.24) is 14.9 Å². The van der Waals surface area contributed by atoms with Crippen molar-refractivity contribution in [2.75, 3.05) is 50.5 Å². The first-order chi connectivity index (χ1) is 13.2. The highest BCUT2D eigenvalue weighted by Gasteiger charge is 2.14. The Bertz CT molecular complexity index is 734. The van der Waals surface area contributed by atoms with E-state index in [0.29, 0.717) is 25.0 Å². The number of hydrogen-bond donors (Lipinski definition) is 1. The fourth-order valence-electron chi connectivity index (χ4n) is 3.21. The topological polar surface area (TPSA) is 76.7 Å². The number of rotatable bonds is 9. The number of ether oxygens (including phenoxy) is 2. The summed E-state index contributed by atoms with van der Waals surface area (Å²) in [5, 5.41) is 0. The molecule has 0 unspecified atom stereocenters. The van der Waals surface area contributed by atoms with Gasteiger partial charge in [0.2, 0.25) is 5.95 Å². The maximum absolute atomic E-state index is 6.06. The summed E-state index contributed by atoms with van der Waals surface area (Å²) in [5.74, 6) is 2.48. The molecule has 2 aromatic rings. The van der Waals surface area contributed by atoms with Gasteiger partial charge in [0.1, 0.15) is 5.82 Å². The Hall–Kier alpha value is -2.54. The summed E-state index contributed by atoms with van der Waals surface area (Å²) in [4.78, 5) is 12.9. The largest absolute Gasteiger partial charge is 0.490 e. The second-order valence-corrected chi connectivity index (χ2v) is 6.66. The van der Waals surface area contributed by atoms with Gasteiger partial charge in [0.25, 0.3) is 0 Å². The Labute approximate surface area is 161 Å². The smallest absolute Gasteiger partial charge is 0.231 e. The second-order valence-electron chi connectivity index (χ2n) is 6.66. The number of hydrogen-bond acceptors (Lipinski definition) is 7. The van der Waals surface area contributed by atoms with Gasteiger partial charge in [0, 0.05) is 31.5 Å². The number of nitrogens with zero attached hydrogens (tertiary/aromatic N) is 4. The molecular formula is C20H29N5O2. The van der Waals surface area contributed by atoms with Gasteiger partial charge >= 0.3 is 0 Å². The van der Waals surface area contributed by atoms with E-state index in [1.54, 1.807) is 12.3 Å². The van der Waals surface area contributed by atoms with Crippen molar-refractivity contribution >= 4 is 17.5 Å². The van der Waals surface area contributed by atoms with Gasteiger partial charge in [-0.2, -0.15) is 4.98 Å². The summed E-state index contributed by atoms with van der Waals surface area (Å²) in [6.45, 7) is 6.74. The van der Waals surface area contributed by atoms with Crippen LogP contribution in [0.4, 0.5) is 17.5 Å². The van der Waals surface area contributed by atoms with Crippen LogP contribution in [-0.2, 0) is 0 Å². The molecule has 0 bridgehead atoms. The van der Waals surface area contributed by atoms with Crippen molar-refractivity contribution in [2.45, 2.75) is 26.2 Å². The number of nitrogens with two attached hydrogens (primary N) is 1. The first-order valence-electron chi connectivity index (χ1n) is 9.61. The molecular weight excluding hydrogens is 342 g/mol. The summed E-state index contributed by atoms with van der Waals surface area (Å²) in [5.41, 5.74) is 6.69. The van der Waals surface area contributed by atoms with Crippen molar-refractivity contribution < 1.29 is 9.47 Å². The van der Waals surface area contributed by atoms with Gasteiger partial charge < -0.3 is 25.0 Å². The third kappa shape index (κ3) is 5.23. The molecule has 27 heavy (non-hydrogen) atoms. The van der Waals surface area contributed by atoms with Crippen molar-refractivity contribution in [3.8, 4) is 11.5 Å². The maximum Gasteiger partial charge on any atom is 0.231 e. The van der Waals surface area contributed by atoms with Gasteiger partial charge in [-0.15, -0.1) is 0 Å². The molecule has 3 rings (SSSR count). The minimum Gasteiger partial charge on any atom is -0.490 e. The molecule has 7 nitrogen and oxygen atoms in total. The van der Waals surface area contributed by atoms with E-state index in [2.05, 4.69) is 14.9 Å². The van der Waals surface area contributed by atoms with Gasteiger partial charge in [-0.3, -0.25) is 0 Å². The van der Waals surface area contributed by atoms with Crippen molar-refractivity contribution in [3.05, 3.63) is 30.5 Å². The molecule has 1 aromatic carbocycles. The number of anilines is 3. The lowest BCUT2D eigenvalue weighted by Gasteiger charge is -2.20. The van der Waals surface area contributed by atoms with Crippen LogP contribution >= 0.6 is 0 Å². The maximum atomic E-state index is 6.06. The molecule has 0 saturated carbocycles. The summed E-state index contributed by atoms with van der Waals surface area (Å²) < 4.78 is 11.8. The van der Waals surface area contributed by atoms with Gasteiger partial charge in [-0.05, 0) is 57.5 Å². The molecule has 1 saturated heterocycles. The number of nitrogen functional groups attached to an aromatic ring is 1. The first kappa shape index (κ1) is 19.2. The van der Waals surface area contributed by atoms with Crippen LogP contribution in [0.2, 0.25) is 0 Å². The fraction of sp³-hybridized carbons (Fsp3) is 0.500. The SMILES string of the molecule is CCOc1ccc(N(C)c2nccc(N)n2)cc1OCCCN1CCCC1. The van der Waals surface area contributed by atoms with Crippen LogP contribution in [-0.4, -0.2) is 54.8 Å². The predicted octanol–water partition coefficient (Wildman–Crippen LogP) is 3.09. The average Bonchev–Trinajstić information content (AvgIpc) is 3.19. The third-order valence-corrected chi connectivity index (χ3v) is 4.65. The molecule has 2 N–H and O–H groups in total. The molecule has 0 aliphatic carbocycles. The van der Waals surface area contributed by atoms with Crippen molar-refractivity contribution in [1.29, 1.82) is 0 Å². The lowest BCUT2D eigenvalue weighted by molar-refractivity contribution is 0.248.